The summed E-state index contributed by atoms with van der Waals surface area (Å²) in [5.74, 6) is 0.242. The van der Waals surface area contributed by atoms with E-state index in [9.17, 15) is 4.79 Å². The van der Waals surface area contributed by atoms with Crippen molar-refractivity contribution in [2.75, 3.05) is 0 Å². The van der Waals surface area contributed by atoms with Gasteiger partial charge < -0.3 is 0 Å². The van der Waals surface area contributed by atoms with Crippen LogP contribution in [0, 0.1) is 0 Å². The standard InChI is InChI=1S/C13H13BrN2O/c1-9(2)13-10(8-17)7-16(15-13)12-5-3-11(14)4-6-12/h3-9H,1-2H3. The van der Waals surface area contributed by atoms with Gasteiger partial charge in [0.25, 0.3) is 0 Å². The van der Waals surface area contributed by atoms with Crippen molar-refractivity contribution in [2.24, 2.45) is 0 Å². The lowest BCUT2D eigenvalue weighted by Gasteiger charge is -2.02. The van der Waals surface area contributed by atoms with Gasteiger partial charge in [-0.3, -0.25) is 4.79 Å². The number of hydrogen-bond acceptors (Lipinski definition) is 2. The Morgan fingerprint density at radius 3 is 2.41 bits per heavy atom. The summed E-state index contributed by atoms with van der Waals surface area (Å²) < 4.78 is 2.76. The van der Waals surface area contributed by atoms with E-state index >= 15 is 0 Å². The third-order valence-corrected chi connectivity index (χ3v) is 3.07. The molecule has 1 aromatic heterocycles. The molecular weight excluding hydrogens is 280 g/mol. The Morgan fingerprint density at radius 2 is 1.94 bits per heavy atom. The second-order valence-electron chi connectivity index (χ2n) is 4.16. The van der Waals surface area contributed by atoms with Gasteiger partial charge in [-0.25, -0.2) is 4.68 Å². The molecule has 0 saturated heterocycles. The number of aromatic nitrogens is 2. The summed E-state index contributed by atoms with van der Waals surface area (Å²) in [7, 11) is 0. The molecule has 2 aromatic rings. The lowest BCUT2D eigenvalue weighted by Crippen LogP contribution is -1.97. The van der Waals surface area contributed by atoms with Gasteiger partial charge in [-0.1, -0.05) is 29.8 Å². The van der Waals surface area contributed by atoms with Gasteiger partial charge in [-0.15, -0.1) is 0 Å². The van der Waals surface area contributed by atoms with Crippen LogP contribution in [0.3, 0.4) is 0 Å². The Bertz CT molecular complexity index is 529. The van der Waals surface area contributed by atoms with Crippen LogP contribution >= 0.6 is 15.9 Å². The molecule has 0 spiro atoms. The average molecular weight is 293 g/mol. The normalized spacial score (nSPS) is 10.8. The monoisotopic (exact) mass is 292 g/mol. The molecule has 4 heteroatoms. The van der Waals surface area contributed by atoms with E-state index in [4.69, 9.17) is 0 Å². The van der Waals surface area contributed by atoms with Gasteiger partial charge in [0, 0.05) is 10.7 Å². The molecule has 0 atom stereocenters. The summed E-state index contributed by atoms with van der Waals surface area (Å²) in [5.41, 5.74) is 2.44. The highest BCUT2D eigenvalue weighted by atomic mass is 79.9. The predicted octanol–water partition coefficient (Wildman–Crippen LogP) is 3.57. The lowest BCUT2D eigenvalue weighted by atomic mass is 10.1. The van der Waals surface area contributed by atoms with E-state index in [1.165, 1.54) is 0 Å². The molecule has 0 radical (unpaired) electrons. The molecule has 0 bridgehead atoms. The van der Waals surface area contributed by atoms with Crippen molar-refractivity contribution in [3.8, 4) is 5.69 Å². The van der Waals surface area contributed by atoms with Crippen LogP contribution in [0.25, 0.3) is 5.69 Å². The van der Waals surface area contributed by atoms with Crippen LogP contribution in [0.2, 0.25) is 0 Å². The molecule has 3 nitrogen and oxygen atoms in total. The van der Waals surface area contributed by atoms with Gasteiger partial charge in [-0.2, -0.15) is 5.10 Å². The number of benzene rings is 1. The van der Waals surface area contributed by atoms with E-state index in [1.54, 1.807) is 10.9 Å². The first kappa shape index (κ1) is 12.0. The van der Waals surface area contributed by atoms with Crippen LogP contribution in [0.15, 0.2) is 34.9 Å². The maximum absolute atomic E-state index is 11.0. The van der Waals surface area contributed by atoms with E-state index in [0.29, 0.717) is 5.56 Å². The van der Waals surface area contributed by atoms with Crippen LogP contribution in [-0.2, 0) is 0 Å². The third kappa shape index (κ3) is 2.47. The highest BCUT2D eigenvalue weighted by Gasteiger charge is 2.12. The fourth-order valence-corrected chi connectivity index (χ4v) is 1.93. The molecule has 1 heterocycles. The first-order valence-corrected chi connectivity index (χ1v) is 6.22. The Balaban J connectivity index is 2.46. The van der Waals surface area contributed by atoms with Crippen molar-refractivity contribution < 1.29 is 4.79 Å². The zero-order chi connectivity index (χ0) is 12.4. The first-order valence-electron chi connectivity index (χ1n) is 5.42. The molecule has 17 heavy (non-hydrogen) atoms. The average Bonchev–Trinajstić information content (AvgIpc) is 2.74. The van der Waals surface area contributed by atoms with E-state index in [2.05, 4.69) is 21.0 Å². The number of nitrogens with zero attached hydrogens (tertiary/aromatic N) is 2. The number of carbonyl (C=O) groups excluding carboxylic acids is 1. The molecule has 2 rings (SSSR count). The summed E-state index contributed by atoms with van der Waals surface area (Å²) >= 11 is 3.39. The van der Waals surface area contributed by atoms with Crippen LogP contribution in [0.1, 0.15) is 35.8 Å². The molecule has 0 fully saturated rings. The molecule has 0 saturated carbocycles. The molecule has 0 N–H and O–H groups in total. The van der Waals surface area contributed by atoms with Gasteiger partial charge in [0.1, 0.15) is 0 Å². The lowest BCUT2D eigenvalue weighted by molar-refractivity contribution is 0.112. The van der Waals surface area contributed by atoms with Gasteiger partial charge in [0.05, 0.1) is 16.9 Å². The van der Waals surface area contributed by atoms with Crippen molar-refractivity contribution in [1.82, 2.24) is 9.78 Å². The van der Waals surface area contributed by atoms with E-state index in [0.717, 1.165) is 22.1 Å². The summed E-state index contributed by atoms with van der Waals surface area (Å²) in [6, 6.07) is 7.81. The van der Waals surface area contributed by atoms with Crippen LogP contribution in [0.5, 0.6) is 0 Å². The quantitative estimate of drug-likeness (QED) is 0.811. The molecule has 0 aliphatic heterocycles. The van der Waals surface area contributed by atoms with Crippen molar-refractivity contribution >= 4 is 22.2 Å². The fraction of sp³-hybridized carbons (Fsp3) is 0.231. The van der Waals surface area contributed by atoms with Gasteiger partial charge in [0.15, 0.2) is 6.29 Å². The van der Waals surface area contributed by atoms with Crippen LogP contribution < -0.4 is 0 Å². The van der Waals surface area contributed by atoms with Gasteiger partial charge in [-0.05, 0) is 30.2 Å². The number of rotatable bonds is 3. The highest BCUT2D eigenvalue weighted by Crippen LogP contribution is 2.19. The number of aldehydes is 1. The number of halogens is 1. The Labute approximate surface area is 109 Å². The van der Waals surface area contributed by atoms with Crippen molar-refractivity contribution in [1.29, 1.82) is 0 Å². The molecular formula is C13H13BrN2O. The van der Waals surface area contributed by atoms with E-state index in [-0.39, 0.29) is 5.92 Å². The minimum Gasteiger partial charge on any atom is -0.298 e. The molecule has 1 aromatic carbocycles. The fourth-order valence-electron chi connectivity index (χ4n) is 1.67. The zero-order valence-corrected chi connectivity index (χ0v) is 11.3. The minimum absolute atomic E-state index is 0.242. The van der Waals surface area contributed by atoms with Gasteiger partial charge >= 0.3 is 0 Å². The Kier molecular flexibility index (Phi) is 3.43. The SMILES string of the molecule is CC(C)c1nn(-c2ccc(Br)cc2)cc1C=O. The third-order valence-electron chi connectivity index (χ3n) is 2.54. The smallest absolute Gasteiger partial charge is 0.153 e. The maximum Gasteiger partial charge on any atom is 0.153 e. The first-order chi connectivity index (χ1) is 8.11. The van der Waals surface area contributed by atoms with Crippen LogP contribution in [-0.4, -0.2) is 16.1 Å². The second-order valence-corrected chi connectivity index (χ2v) is 5.08. The molecule has 0 aliphatic rings. The van der Waals surface area contributed by atoms with Crippen LogP contribution in [0.4, 0.5) is 0 Å². The molecule has 0 amide bonds. The highest BCUT2D eigenvalue weighted by molar-refractivity contribution is 9.10. The molecule has 0 aliphatic carbocycles. The summed E-state index contributed by atoms with van der Waals surface area (Å²) in [6.07, 6.45) is 2.63. The summed E-state index contributed by atoms with van der Waals surface area (Å²) in [6.45, 7) is 4.06. The second kappa shape index (κ2) is 4.84. The largest absolute Gasteiger partial charge is 0.298 e. The molecule has 88 valence electrons. The number of hydrogen-bond donors (Lipinski definition) is 0. The summed E-state index contributed by atoms with van der Waals surface area (Å²) in [5, 5.41) is 4.45. The Hall–Kier alpha value is -1.42. The van der Waals surface area contributed by atoms with Crippen molar-refractivity contribution in [3.63, 3.8) is 0 Å². The van der Waals surface area contributed by atoms with E-state index in [1.807, 2.05) is 38.1 Å². The number of carbonyl (C=O) groups is 1. The maximum atomic E-state index is 11.0. The predicted molar refractivity (Wildman–Crippen MR) is 70.7 cm³/mol. The molecule has 0 unspecified atom stereocenters. The zero-order valence-electron chi connectivity index (χ0n) is 9.72. The van der Waals surface area contributed by atoms with Crippen molar-refractivity contribution in [2.45, 2.75) is 19.8 Å². The Morgan fingerprint density at radius 1 is 1.29 bits per heavy atom. The van der Waals surface area contributed by atoms with Gasteiger partial charge in [0.2, 0.25) is 0 Å². The summed E-state index contributed by atoms with van der Waals surface area (Å²) in [4.78, 5) is 11.0. The van der Waals surface area contributed by atoms with E-state index < -0.39 is 0 Å². The minimum atomic E-state index is 0.242. The topological polar surface area (TPSA) is 34.9 Å². The van der Waals surface area contributed by atoms with Crippen molar-refractivity contribution in [3.05, 3.63) is 46.2 Å².